The quantitative estimate of drug-likeness (QED) is 0.893. The molecule has 100 valence electrons. The largest absolute Gasteiger partial charge is 0.353 e. The van der Waals surface area contributed by atoms with Crippen molar-refractivity contribution in [2.24, 2.45) is 0 Å². The molecule has 4 nitrogen and oxygen atoms in total. The minimum Gasteiger partial charge on any atom is -0.353 e. The van der Waals surface area contributed by atoms with E-state index in [4.69, 9.17) is 0 Å². The van der Waals surface area contributed by atoms with Gasteiger partial charge in [-0.25, -0.2) is 0 Å². The summed E-state index contributed by atoms with van der Waals surface area (Å²) in [5.74, 6) is 1.03. The molecule has 0 amide bonds. The van der Waals surface area contributed by atoms with Gasteiger partial charge in [0.2, 0.25) is 0 Å². The van der Waals surface area contributed by atoms with Gasteiger partial charge in [0.1, 0.15) is 0 Å². The number of hydrogen-bond donors (Lipinski definition) is 1. The van der Waals surface area contributed by atoms with Crippen molar-refractivity contribution in [1.82, 2.24) is 15.5 Å². The summed E-state index contributed by atoms with van der Waals surface area (Å²) >= 11 is 0. The number of nitrogens with one attached hydrogen (secondary N) is 1. The summed E-state index contributed by atoms with van der Waals surface area (Å²) in [5.41, 5.74) is 1.00. The van der Waals surface area contributed by atoms with Crippen molar-refractivity contribution in [3.05, 3.63) is 30.0 Å². The van der Waals surface area contributed by atoms with Crippen LogP contribution in [-0.2, 0) is 0 Å². The van der Waals surface area contributed by atoms with Gasteiger partial charge in [-0.3, -0.25) is 0 Å². The Morgan fingerprint density at radius 1 is 1.21 bits per heavy atom. The summed E-state index contributed by atoms with van der Waals surface area (Å²) < 4.78 is 0. The number of aryl methyl sites for hydroxylation is 1. The Morgan fingerprint density at radius 3 is 2.79 bits per heavy atom. The number of benzene rings is 1. The maximum absolute atomic E-state index is 4.45. The zero-order valence-electron chi connectivity index (χ0n) is 11.6. The van der Waals surface area contributed by atoms with E-state index in [-0.39, 0.29) is 0 Å². The van der Waals surface area contributed by atoms with Crippen molar-refractivity contribution in [3.8, 4) is 0 Å². The third kappa shape index (κ3) is 2.28. The number of aromatic nitrogens is 2. The first-order chi connectivity index (χ1) is 9.29. The van der Waals surface area contributed by atoms with Gasteiger partial charge in [-0.1, -0.05) is 24.3 Å². The van der Waals surface area contributed by atoms with Gasteiger partial charge in [0.25, 0.3) is 0 Å². The maximum atomic E-state index is 4.45. The van der Waals surface area contributed by atoms with E-state index in [0.717, 1.165) is 24.6 Å². The molecule has 1 N–H and O–H groups in total. The van der Waals surface area contributed by atoms with Gasteiger partial charge in [-0.05, 0) is 26.8 Å². The fourth-order valence-corrected chi connectivity index (χ4v) is 2.86. The first-order valence-corrected chi connectivity index (χ1v) is 6.94. The molecule has 1 aromatic heterocycles. The lowest BCUT2D eigenvalue weighted by atomic mass is 10.0. The van der Waals surface area contributed by atoms with Crippen LogP contribution in [0.4, 0.5) is 5.82 Å². The molecule has 3 rings (SSSR count). The van der Waals surface area contributed by atoms with Crippen LogP contribution in [0.1, 0.15) is 18.5 Å². The topological polar surface area (TPSA) is 41.0 Å². The summed E-state index contributed by atoms with van der Waals surface area (Å²) in [7, 11) is 2.03. The minimum atomic E-state index is 0.551. The smallest absolute Gasteiger partial charge is 0.159 e. The first-order valence-electron chi connectivity index (χ1n) is 6.94. The van der Waals surface area contributed by atoms with E-state index in [2.05, 4.69) is 44.7 Å². The third-order valence-corrected chi connectivity index (χ3v) is 3.98. The highest BCUT2D eigenvalue weighted by Gasteiger charge is 2.21. The second-order valence-corrected chi connectivity index (χ2v) is 5.23. The van der Waals surface area contributed by atoms with Crippen molar-refractivity contribution < 1.29 is 0 Å². The molecule has 1 unspecified atom stereocenters. The van der Waals surface area contributed by atoms with Gasteiger partial charge in [0.15, 0.2) is 5.82 Å². The van der Waals surface area contributed by atoms with Crippen LogP contribution in [0.5, 0.6) is 0 Å². The molecule has 1 saturated heterocycles. The lowest BCUT2D eigenvalue weighted by Crippen LogP contribution is -2.44. The summed E-state index contributed by atoms with van der Waals surface area (Å²) in [6, 6.07) is 8.97. The number of piperidine rings is 1. The van der Waals surface area contributed by atoms with Crippen LogP contribution < -0.4 is 10.2 Å². The van der Waals surface area contributed by atoms with Crippen molar-refractivity contribution in [3.63, 3.8) is 0 Å². The number of nitrogens with zero attached hydrogens (tertiary/aromatic N) is 3. The van der Waals surface area contributed by atoms with E-state index in [0.29, 0.717) is 6.04 Å². The fraction of sp³-hybridized carbons (Fsp3) is 0.467. The van der Waals surface area contributed by atoms with Crippen molar-refractivity contribution in [2.75, 3.05) is 25.0 Å². The zero-order valence-corrected chi connectivity index (χ0v) is 11.6. The molecule has 1 aliphatic rings. The van der Waals surface area contributed by atoms with Crippen molar-refractivity contribution in [2.45, 2.75) is 25.8 Å². The Bertz CT molecular complexity index is 581. The number of anilines is 1. The molecule has 2 heterocycles. The fourth-order valence-electron chi connectivity index (χ4n) is 2.86. The molecule has 1 aliphatic heterocycles. The molecule has 4 heteroatoms. The zero-order chi connectivity index (χ0) is 13.2. The second kappa shape index (κ2) is 5.13. The highest BCUT2D eigenvalue weighted by Crippen LogP contribution is 2.27. The number of likely N-dealkylation sites (N-methyl/N-ethyl adjacent to an activating group) is 1. The van der Waals surface area contributed by atoms with Gasteiger partial charge in [-0.2, -0.15) is 5.10 Å². The molecule has 1 fully saturated rings. The maximum Gasteiger partial charge on any atom is 0.159 e. The monoisotopic (exact) mass is 256 g/mol. The van der Waals surface area contributed by atoms with E-state index < -0.39 is 0 Å². The molecule has 0 saturated carbocycles. The molecule has 1 atom stereocenters. The number of hydrogen-bond acceptors (Lipinski definition) is 4. The molecular weight excluding hydrogens is 236 g/mol. The molecule has 0 aliphatic carbocycles. The van der Waals surface area contributed by atoms with Gasteiger partial charge in [-0.15, -0.1) is 5.10 Å². The molecular formula is C15H20N4. The molecule has 2 aromatic rings. The Morgan fingerprint density at radius 2 is 2.00 bits per heavy atom. The van der Waals surface area contributed by atoms with E-state index in [1.807, 2.05) is 14.0 Å². The van der Waals surface area contributed by atoms with Crippen molar-refractivity contribution in [1.29, 1.82) is 0 Å². The minimum absolute atomic E-state index is 0.551. The Kier molecular flexibility index (Phi) is 3.34. The lowest BCUT2D eigenvalue weighted by molar-refractivity contribution is 0.447. The van der Waals surface area contributed by atoms with Gasteiger partial charge >= 0.3 is 0 Å². The summed E-state index contributed by atoms with van der Waals surface area (Å²) in [6.45, 7) is 4.10. The highest BCUT2D eigenvalue weighted by molar-refractivity contribution is 5.93. The highest BCUT2D eigenvalue weighted by atomic mass is 15.3. The van der Waals surface area contributed by atoms with Crippen LogP contribution in [0.2, 0.25) is 0 Å². The van der Waals surface area contributed by atoms with Crippen LogP contribution >= 0.6 is 0 Å². The predicted octanol–water partition coefficient (Wildman–Crippen LogP) is 2.13. The van der Waals surface area contributed by atoms with E-state index in [9.17, 15) is 0 Å². The second-order valence-electron chi connectivity index (χ2n) is 5.23. The summed E-state index contributed by atoms with van der Waals surface area (Å²) in [6.07, 6.45) is 2.44. The van der Waals surface area contributed by atoms with Crippen LogP contribution in [0.15, 0.2) is 24.3 Å². The van der Waals surface area contributed by atoms with Gasteiger partial charge < -0.3 is 10.2 Å². The van der Waals surface area contributed by atoms with E-state index in [1.165, 1.54) is 23.6 Å². The summed E-state index contributed by atoms with van der Waals surface area (Å²) in [5, 5.41) is 14.6. The molecule has 0 bridgehead atoms. The first kappa shape index (κ1) is 12.4. The normalized spacial score (nSPS) is 19.9. The van der Waals surface area contributed by atoms with Crippen LogP contribution in [0.25, 0.3) is 10.8 Å². The Hall–Kier alpha value is -1.68. The van der Waals surface area contributed by atoms with Gasteiger partial charge in [0, 0.05) is 29.9 Å². The van der Waals surface area contributed by atoms with Crippen LogP contribution in [-0.4, -0.2) is 36.4 Å². The molecule has 1 aromatic carbocycles. The number of rotatable bonds is 2. The Labute approximate surface area is 113 Å². The average molecular weight is 256 g/mol. The molecule has 19 heavy (non-hydrogen) atoms. The molecule has 0 spiro atoms. The lowest BCUT2D eigenvalue weighted by Gasteiger charge is -2.33. The summed E-state index contributed by atoms with van der Waals surface area (Å²) in [4.78, 5) is 2.36. The van der Waals surface area contributed by atoms with E-state index in [1.54, 1.807) is 0 Å². The number of fused-ring (bicyclic) bond motifs is 1. The Balaban J connectivity index is 2.03. The third-order valence-electron chi connectivity index (χ3n) is 3.98. The SMILES string of the molecule is CNC1CCCN(c2nnc(C)c3ccccc23)C1. The van der Waals surface area contributed by atoms with Gasteiger partial charge in [0.05, 0.1) is 5.69 Å². The van der Waals surface area contributed by atoms with E-state index >= 15 is 0 Å². The standard InChI is InChI=1S/C15H20N4/c1-11-13-7-3-4-8-14(13)15(18-17-11)19-9-5-6-12(10-19)16-2/h3-4,7-8,12,16H,5-6,9-10H2,1-2H3. The van der Waals surface area contributed by atoms with Crippen LogP contribution in [0.3, 0.4) is 0 Å². The van der Waals surface area contributed by atoms with Crippen molar-refractivity contribution >= 4 is 16.6 Å². The molecule has 0 radical (unpaired) electrons. The van der Waals surface area contributed by atoms with Crippen LogP contribution in [0, 0.1) is 6.92 Å². The average Bonchev–Trinajstić information content (AvgIpc) is 2.48. The predicted molar refractivity (Wildman–Crippen MR) is 78.6 cm³/mol.